The molecule has 5 aliphatic rings. The molecule has 4 aliphatic carbocycles. The molecule has 0 atom stereocenters. The molecule has 1 saturated heterocycles. The van der Waals surface area contributed by atoms with Crippen molar-refractivity contribution >= 4 is 17.6 Å². The van der Waals surface area contributed by atoms with Gasteiger partial charge in [-0.15, -0.1) is 0 Å². The van der Waals surface area contributed by atoms with E-state index in [9.17, 15) is 9.59 Å². The van der Waals surface area contributed by atoms with Gasteiger partial charge in [-0.3, -0.25) is 10.1 Å². The Labute approximate surface area is 179 Å². The molecular weight excluding hydrogens is 376 g/mol. The molecule has 6 nitrogen and oxygen atoms in total. The predicted octanol–water partition coefficient (Wildman–Crippen LogP) is 1.49. The van der Waals surface area contributed by atoms with Crippen LogP contribution in [0.25, 0.3) is 0 Å². The zero-order valence-corrected chi connectivity index (χ0v) is 18.1. The molecule has 0 radical (unpaired) electrons. The molecule has 1 aromatic rings. The number of para-hydroxylation sites is 1. The number of carbonyl (C=O) groups is 2. The van der Waals surface area contributed by atoms with E-state index in [4.69, 9.17) is 0 Å². The smallest absolute Gasteiger partial charge is 0.322 e. The highest BCUT2D eigenvalue weighted by atomic mass is 16.2. The third kappa shape index (κ3) is 4.07. The number of piperazine rings is 1. The number of quaternary nitrogens is 1. The molecule has 0 spiro atoms. The first-order valence-electron chi connectivity index (χ1n) is 11.7. The Bertz CT molecular complexity index is 780. The molecular formula is C24H35N4O2+. The van der Waals surface area contributed by atoms with Crippen LogP contribution < -0.4 is 20.4 Å². The number of carbonyl (C=O) groups excluding carboxylic acids is 2. The summed E-state index contributed by atoms with van der Waals surface area (Å²) < 4.78 is 0. The van der Waals surface area contributed by atoms with Gasteiger partial charge in [0.1, 0.15) is 0 Å². The van der Waals surface area contributed by atoms with Crippen molar-refractivity contribution in [3.05, 3.63) is 29.8 Å². The standard InChI is InChI=1S/C24H34N4O2/c1-17-4-2-3-5-21(17)28-8-6-27(7-9-28)16-22(29)25-23(30)26-24-13-18-10-19(14-24)12-20(11-18)15-24/h2-5,18-20H,6-16H2,1H3,(H2,25,26,29,30)/p+1. The van der Waals surface area contributed by atoms with E-state index in [0.717, 1.165) is 63.2 Å². The third-order valence-electron chi connectivity index (χ3n) is 8.01. The first kappa shape index (κ1) is 19.9. The van der Waals surface area contributed by atoms with Crippen LogP contribution in [0.2, 0.25) is 0 Å². The van der Waals surface area contributed by atoms with E-state index >= 15 is 0 Å². The third-order valence-corrected chi connectivity index (χ3v) is 8.01. The van der Waals surface area contributed by atoms with Crippen LogP contribution in [0, 0.1) is 24.7 Å². The molecule has 4 bridgehead atoms. The Morgan fingerprint density at radius 2 is 1.63 bits per heavy atom. The first-order valence-corrected chi connectivity index (χ1v) is 11.7. The van der Waals surface area contributed by atoms with Gasteiger partial charge in [0.2, 0.25) is 0 Å². The van der Waals surface area contributed by atoms with Crippen LogP contribution in [0.15, 0.2) is 24.3 Å². The summed E-state index contributed by atoms with van der Waals surface area (Å²) in [6, 6.07) is 8.18. The Morgan fingerprint density at radius 3 is 2.23 bits per heavy atom. The Hall–Kier alpha value is -2.08. The van der Waals surface area contributed by atoms with Gasteiger partial charge in [0.25, 0.3) is 5.91 Å². The Morgan fingerprint density at radius 1 is 1.03 bits per heavy atom. The minimum absolute atomic E-state index is 0.0505. The van der Waals surface area contributed by atoms with Crippen LogP contribution in [-0.2, 0) is 4.79 Å². The predicted molar refractivity (Wildman–Crippen MR) is 117 cm³/mol. The van der Waals surface area contributed by atoms with E-state index < -0.39 is 0 Å². The summed E-state index contributed by atoms with van der Waals surface area (Å²) in [5.74, 6) is 2.18. The average molecular weight is 412 g/mol. The Kier molecular flexibility index (Phi) is 5.21. The zero-order chi connectivity index (χ0) is 20.7. The lowest BCUT2D eigenvalue weighted by molar-refractivity contribution is -0.892. The number of nitrogens with zero attached hydrogens (tertiary/aromatic N) is 1. The Balaban J connectivity index is 1.09. The number of aryl methyl sites for hydroxylation is 1. The van der Waals surface area contributed by atoms with Crippen molar-refractivity contribution in [3.8, 4) is 0 Å². The molecule has 6 heteroatoms. The number of amides is 3. The van der Waals surface area contributed by atoms with E-state index in [1.165, 1.54) is 35.4 Å². The van der Waals surface area contributed by atoms with Gasteiger partial charge in [0.15, 0.2) is 6.54 Å². The number of nitrogens with one attached hydrogen (secondary N) is 3. The first-order chi connectivity index (χ1) is 14.5. The van der Waals surface area contributed by atoms with E-state index in [1.54, 1.807) is 0 Å². The summed E-state index contributed by atoms with van der Waals surface area (Å²) >= 11 is 0. The summed E-state index contributed by atoms with van der Waals surface area (Å²) in [4.78, 5) is 28.7. The summed E-state index contributed by atoms with van der Waals surface area (Å²) in [6.45, 7) is 6.22. The van der Waals surface area contributed by atoms with Gasteiger partial charge in [0, 0.05) is 11.2 Å². The SMILES string of the molecule is Cc1ccccc1N1CC[NH+](CC(=O)NC(=O)NC23CC4CC(CC(C4)C2)C3)CC1. The van der Waals surface area contributed by atoms with Crippen LogP contribution >= 0.6 is 0 Å². The largest absolute Gasteiger partial charge is 0.360 e. The topological polar surface area (TPSA) is 65.9 Å². The van der Waals surface area contributed by atoms with Crippen molar-refractivity contribution in [1.29, 1.82) is 0 Å². The molecule has 4 saturated carbocycles. The van der Waals surface area contributed by atoms with Crippen molar-refractivity contribution in [3.63, 3.8) is 0 Å². The fraction of sp³-hybridized carbons (Fsp3) is 0.667. The van der Waals surface area contributed by atoms with E-state index in [-0.39, 0.29) is 17.5 Å². The maximum Gasteiger partial charge on any atom is 0.322 e. The average Bonchev–Trinajstić information content (AvgIpc) is 2.67. The molecule has 6 rings (SSSR count). The molecule has 162 valence electrons. The number of hydrogen-bond donors (Lipinski definition) is 3. The molecule has 3 N–H and O–H groups in total. The van der Waals surface area contributed by atoms with E-state index in [0.29, 0.717) is 6.54 Å². The minimum Gasteiger partial charge on any atom is -0.360 e. The number of hydrogen-bond acceptors (Lipinski definition) is 3. The van der Waals surface area contributed by atoms with Crippen molar-refractivity contribution in [2.24, 2.45) is 17.8 Å². The van der Waals surface area contributed by atoms with E-state index in [2.05, 4.69) is 46.7 Å². The molecule has 1 aromatic carbocycles. The molecule has 3 amide bonds. The molecule has 1 aliphatic heterocycles. The molecule has 5 fully saturated rings. The summed E-state index contributed by atoms with van der Waals surface area (Å²) in [7, 11) is 0. The van der Waals surface area contributed by atoms with Gasteiger partial charge in [-0.25, -0.2) is 4.79 Å². The van der Waals surface area contributed by atoms with Crippen molar-refractivity contribution in [2.45, 2.75) is 51.0 Å². The normalized spacial score (nSPS) is 32.8. The zero-order valence-electron chi connectivity index (χ0n) is 18.1. The highest BCUT2D eigenvalue weighted by Crippen LogP contribution is 2.55. The number of rotatable bonds is 4. The van der Waals surface area contributed by atoms with Crippen LogP contribution in [0.5, 0.6) is 0 Å². The van der Waals surface area contributed by atoms with Gasteiger partial charge in [0.05, 0.1) is 26.2 Å². The number of anilines is 1. The molecule has 0 unspecified atom stereocenters. The number of urea groups is 1. The maximum absolute atomic E-state index is 12.6. The van der Waals surface area contributed by atoms with Gasteiger partial charge < -0.3 is 15.1 Å². The highest BCUT2D eigenvalue weighted by molar-refractivity contribution is 5.95. The number of benzene rings is 1. The lowest BCUT2D eigenvalue weighted by Crippen LogP contribution is -3.16. The highest BCUT2D eigenvalue weighted by Gasteiger charge is 2.51. The van der Waals surface area contributed by atoms with Gasteiger partial charge in [-0.2, -0.15) is 0 Å². The van der Waals surface area contributed by atoms with Crippen molar-refractivity contribution < 1.29 is 14.5 Å². The van der Waals surface area contributed by atoms with Crippen LogP contribution in [-0.4, -0.2) is 50.2 Å². The van der Waals surface area contributed by atoms with Crippen LogP contribution in [0.1, 0.15) is 44.1 Å². The molecule has 30 heavy (non-hydrogen) atoms. The second-order valence-electron chi connectivity index (χ2n) is 10.4. The summed E-state index contributed by atoms with van der Waals surface area (Å²) in [6.07, 6.45) is 7.35. The lowest BCUT2D eigenvalue weighted by Gasteiger charge is -2.56. The quantitative estimate of drug-likeness (QED) is 0.703. The monoisotopic (exact) mass is 411 g/mol. The second kappa shape index (κ2) is 7.88. The lowest BCUT2D eigenvalue weighted by atomic mass is 9.53. The fourth-order valence-electron chi connectivity index (χ4n) is 7.09. The molecule has 0 aromatic heterocycles. The minimum atomic E-state index is -0.278. The molecule has 1 heterocycles. The van der Waals surface area contributed by atoms with Gasteiger partial charge >= 0.3 is 6.03 Å². The van der Waals surface area contributed by atoms with Crippen LogP contribution in [0.3, 0.4) is 0 Å². The maximum atomic E-state index is 12.6. The summed E-state index contributed by atoms with van der Waals surface area (Å²) in [5, 5.41) is 5.87. The van der Waals surface area contributed by atoms with Gasteiger partial charge in [-0.05, 0) is 74.8 Å². The fourth-order valence-corrected chi connectivity index (χ4v) is 7.09. The number of imide groups is 1. The van der Waals surface area contributed by atoms with Crippen molar-refractivity contribution in [2.75, 3.05) is 37.6 Å². The summed E-state index contributed by atoms with van der Waals surface area (Å²) in [5.41, 5.74) is 2.53. The van der Waals surface area contributed by atoms with E-state index in [1.807, 2.05) is 0 Å². The van der Waals surface area contributed by atoms with Gasteiger partial charge in [-0.1, -0.05) is 18.2 Å². The van der Waals surface area contributed by atoms with Crippen LogP contribution in [0.4, 0.5) is 10.5 Å². The van der Waals surface area contributed by atoms with Crippen molar-refractivity contribution in [1.82, 2.24) is 10.6 Å². The second-order valence-corrected chi connectivity index (χ2v) is 10.4.